The molecular weight excluding hydrogens is 336 g/mol. The van der Waals surface area contributed by atoms with E-state index in [9.17, 15) is 8.78 Å². The fraction of sp³-hybridized carbons (Fsp3) is 0.143. The molecule has 0 saturated carbocycles. The van der Waals surface area contributed by atoms with Crippen molar-refractivity contribution < 1.29 is 8.78 Å². The lowest BCUT2D eigenvalue weighted by atomic mass is 9.98. The maximum atomic E-state index is 13.9. The molecule has 2 aromatic rings. The van der Waals surface area contributed by atoms with Crippen LogP contribution in [0.3, 0.4) is 0 Å². The number of rotatable bonds is 3. The molecule has 19 heavy (non-hydrogen) atoms. The second kappa shape index (κ2) is 5.99. The number of benzene rings is 2. The van der Waals surface area contributed by atoms with E-state index in [1.807, 2.05) is 0 Å². The van der Waals surface area contributed by atoms with E-state index in [4.69, 9.17) is 11.6 Å². The molecule has 0 aromatic heterocycles. The van der Waals surface area contributed by atoms with Crippen LogP contribution in [0.25, 0.3) is 0 Å². The van der Waals surface area contributed by atoms with Crippen molar-refractivity contribution in [3.8, 4) is 0 Å². The summed E-state index contributed by atoms with van der Waals surface area (Å²) in [7, 11) is 1.67. The van der Waals surface area contributed by atoms with Crippen LogP contribution in [-0.2, 0) is 0 Å². The molecule has 0 aliphatic carbocycles. The Morgan fingerprint density at radius 1 is 1.11 bits per heavy atom. The molecule has 100 valence electrons. The lowest BCUT2D eigenvalue weighted by Gasteiger charge is -2.19. The summed E-state index contributed by atoms with van der Waals surface area (Å²) in [5, 5.41) is 3.44. The number of hydrogen-bond donors (Lipinski definition) is 1. The van der Waals surface area contributed by atoms with E-state index in [2.05, 4.69) is 21.2 Å². The van der Waals surface area contributed by atoms with Gasteiger partial charge in [-0.2, -0.15) is 0 Å². The summed E-state index contributed by atoms with van der Waals surface area (Å²) in [6.07, 6.45) is 0. The first-order chi connectivity index (χ1) is 9.06. The van der Waals surface area contributed by atoms with Crippen molar-refractivity contribution in [2.24, 2.45) is 0 Å². The number of nitrogens with one attached hydrogen (secondary N) is 1. The van der Waals surface area contributed by atoms with Crippen LogP contribution in [0.15, 0.2) is 40.9 Å². The molecule has 1 unspecified atom stereocenters. The van der Waals surface area contributed by atoms with E-state index in [1.165, 1.54) is 12.1 Å². The zero-order valence-electron chi connectivity index (χ0n) is 10.1. The summed E-state index contributed by atoms with van der Waals surface area (Å²) in [4.78, 5) is 0. The molecule has 2 rings (SSSR count). The smallest absolute Gasteiger partial charge is 0.163 e. The SMILES string of the molecule is CNC(c1cccc(F)c1F)c1cccc(Br)c1Cl. The molecule has 0 fully saturated rings. The molecule has 0 aliphatic rings. The highest BCUT2D eigenvalue weighted by molar-refractivity contribution is 9.10. The van der Waals surface area contributed by atoms with Gasteiger partial charge in [0.05, 0.1) is 11.1 Å². The van der Waals surface area contributed by atoms with E-state index in [0.717, 1.165) is 6.07 Å². The van der Waals surface area contributed by atoms with Crippen LogP contribution in [0.4, 0.5) is 8.78 Å². The predicted octanol–water partition coefficient (Wildman–Crippen LogP) is 4.69. The van der Waals surface area contributed by atoms with Gasteiger partial charge in [0.25, 0.3) is 0 Å². The van der Waals surface area contributed by atoms with E-state index in [1.54, 1.807) is 25.2 Å². The predicted molar refractivity (Wildman–Crippen MR) is 76.4 cm³/mol. The standard InChI is InChI=1S/C14H11BrClF2N/c1-19-14(8-4-2-6-10(15)12(8)16)9-5-3-7-11(17)13(9)18/h2-7,14,19H,1H3. The molecule has 0 aliphatic heterocycles. The molecule has 0 spiro atoms. The third kappa shape index (κ3) is 2.81. The van der Waals surface area contributed by atoms with E-state index >= 15 is 0 Å². The Morgan fingerprint density at radius 2 is 1.74 bits per heavy atom. The summed E-state index contributed by atoms with van der Waals surface area (Å²) >= 11 is 9.53. The van der Waals surface area contributed by atoms with Crippen molar-refractivity contribution in [2.45, 2.75) is 6.04 Å². The number of hydrogen-bond acceptors (Lipinski definition) is 1. The van der Waals surface area contributed by atoms with E-state index in [-0.39, 0.29) is 5.56 Å². The third-order valence-electron chi connectivity index (χ3n) is 2.87. The van der Waals surface area contributed by atoms with Gasteiger partial charge >= 0.3 is 0 Å². The van der Waals surface area contributed by atoms with Gasteiger partial charge in [0, 0.05) is 10.0 Å². The number of halogens is 4. The van der Waals surface area contributed by atoms with Gasteiger partial charge in [-0.1, -0.05) is 35.9 Å². The Labute approximate surface area is 123 Å². The van der Waals surface area contributed by atoms with Crippen LogP contribution in [0, 0.1) is 11.6 Å². The van der Waals surface area contributed by atoms with Gasteiger partial charge in [-0.3, -0.25) is 0 Å². The van der Waals surface area contributed by atoms with Crippen LogP contribution in [0.2, 0.25) is 5.02 Å². The monoisotopic (exact) mass is 345 g/mol. The average Bonchev–Trinajstić information content (AvgIpc) is 2.40. The summed E-state index contributed by atoms with van der Waals surface area (Å²) in [5.74, 6) is -1.73. The maximum Gasteiger partial charge on any atom is 0.163 e. The van der Waals surface area contributed by atoms with Crippen LogP contribution >= 0.6 is 27.5 Å². The van der Waals surface area contributed by atoms with Crippen molar-refractivity contribution in [3.05, 3.63) is 68.7 Å². The lowest BCUT2D eigenvalue weighted by Crippen LogP contribution is -2.20. The Balaban J connectivity index is 2.57. The van der Waals surface area contributed by atoms with Gasteiger partial charge in [-0.05, 0) is 40.7 Å². The minimum absolute atomic E-state index is 0.225. The molecule has 2 aromatic carbocycles. The first-order valence-electron chi connectivity index (χ1n) is 5.61. The van der Waals surface area contributed by atoms with E-state index in [0.29, 0.717) is 15.1 Å². The minimum Gasteiger partial charge on any atom is -0.309 e. The highest BCUT2D eigenvalue weighted by atomic mass is 79.9. The van der Waals surface area contributed by atoms with Crippen LogP contribution in [0.1, 0.15) is 17.2 Å². The summed E-state index contributed by atoms with van der Waals surface area (Å²) in [5.41, 5.74) is 0.908. The first-order valence-corrected chi connectivity index (χ1v) is 6.78. The molecular formula is C14H11BrClF2N. The topological polar surface area (TPSA) is 12.0 Å². The van der Waals surface area contributed by atoms with Crippen molar-refractivity contribution in [3.63, 3.8) is 0 Å². The third-order valence-corrected chi connectivity index (χ3v) is 4.18. The van der Waals surface area contributed by atoms with Crippen LogP contribution in [0.5, 0.6) is 0 Å². The molecule has 0 radical (unpaired) electrons. The Kier molecular flexibility index (Phi) is 4.55. The first kappa shape index (κ1) is 14.4. The maximum absolute atomic E-state index is 13.9. The second-order valence-electron chi connectivity index (χ2n) is 4.01. The van der Waals surface area contributed by atoms with Gasteiger partial charge in [-0.25, -0.2) is 8.78 Å². The second-order valence-corrected chi connectivity index (χ2v) is 5.24. The van der Waals surface area contributed by atoms with Gasteiger partial charge < -0.3 is 5.32 Å². The van der Waals surface area contributed by atoms with Crippen molar-refractivity contribution in [1.29, 1.82) is 0 Å². The summed E-state index contributed by atoms with van der Waals surface area (Å²) in [6, 6.07) is 8.96. The van der Waals surface area contributed by atoms with E-state index < -0.39 is 17.7 Å². The van der Waals surface area contributed by atoms with Gasteiger partial charge in [-0.15, -0.1) is 0 Å². The van der Waals surface area contributed by atoms with Gasteiger partial charge in [0.1, 0.15) is 0 Å². The molecule has 0 heterocycles. The zero-order chi connectivity index (χ0) is 14.0. The summed E-state index contributed by atoms with van der Waals surface area (Å²) < 4.78 is 27.9. The Hall–Kier alpha value is -0.970. The Morgan fingerprint density at radius 3 is 2.42 bits per heavy atom. The molecule has 0 amide bonds. The summed E-state index contributed by atoms with van der Waals surface area (Å²) in [6.45, 7) is 0. The Bertz CT molecular complexity index is 552. The quantitative estimate of drug-likeness (QED) is 0.850. The van der Waals surface area contributed by atoms with Crippen molar-refractivity contribution in [1.82, 2.24) is 5.32 Å². The zero-order valence-corrected chi connectivity index (χ0v) is 12.4. The highest BCUT2D eigenvalue weighted by Crippen LogP contribution is 2.34. The van der Waals surface area contributed by atoms with Gasteiger partial charge in [0.15, 0.2) is 11.6 Å². The van der Waals surface area contributed by atoms with Crippen LogP contribution < -0.4 is 5.32 Å². The molecule has 0 bridgehead atoms. The molecule has 1 N–H and O–H groups in total. The molecule has 1 atom stereocenters. The lowest BCUT2D eigenvalue weighted by molar-refractivity contribution is 0.487. The van der Waals surface area contributed by atoms with Crippen molar-refractivity contribution >= 4 is 27.5 Å². The fourth-order valence-corrected chi connectivity index (χ4v) is 2.58. The van der Waals surface area contributed by atoms with Crippen molar-refractivity contribution in [2.75, 3.05) is 7.05 Å². The molecule has 1 nitrogen and oxygen atoms in total. The average molecular weight is 347 g/mol. The van der Waals surface area contributed by atoms with Crippen LogP contribution in [-0.4, -0.2) is 7.05 Å². The molecule has 0 saturated heterocycles. The molecule has 5 heteroatoms. The highest BCUT2D eigenvalue weighted by Gasteiger charge is 2.21. The largest absolute Gasteiger partial charge is 0.309 e. The normalized spacial score (nSPS) is 12.5. The minimum atomic E-state index is -0.871. The fourth-order valence-electron chi connectivity index (χ4n) is 1.97. The van der Waals surface area contributed by atoms with Gasteiger partial charge in [0.2, 0.25) is 0 Å².